The first-order chi connectivity index (χ1) is 29.1. The highest BCUT2D eigenvalue weighted by Crippen LogP contribution is 2.31. The molecule has 0 aromatic heterocycles. The molecule has 0 radical (unpaired) electrons. The summed E-state index contributed by atoms with van der Waals surface area (Å²) in [4.78, 5) is 51.6. The number of Topliss-reactive ketones (excluding diaryl/α,β-unsaturated/α-hetero) is 2. The van der Waals surface area contributed by atoms with Gasteiger partial charge in [0.05, 0.1) is 0 Å². The predicted octanol–water partition coefficient (Wildman–Crippen LogP) is 10.8. The van der Waals surface area contributed by atoms with E-state index in [-0.39, 0.29) is 17.7 Å². The highest BCUT2D eigenvalue weighted by atomic mass is 16.2. The Morgan fingerprint density at radius 3 is 1.23 bits per heavy atom. The third-order valence-corrected chi connectivity index (χ3v) is 12.4. The maximum Gasteiger partial charge on any atom is 0.220 e. The Balaban J connectivity index is 0. The molecule has 3 aliphatic heterocycles. The standard InChI is InChI=1S/C9H18.2C7H13N.2C7H12O.C5H9NO.C4H7NO.C3H7NO.C2H6/c1-3-9-7-5-4-6-8(9)2;2*1-3-7-4-6(2)8-5-7;2*1-2-6-4-3-5-7(6)8;1-4(7)6-5-2-3-5;6-4-2-1-3-5-4;1-3(5)4-2;1-2/h8-9H,3-7H2,1-2H3;2*7-8H,2-5H2,1H3;2*6H,2-5H2,1H3;5H,2-3H2,1H3,(H,6,7);1-3H2,(H,5,6);1-2H3,(H,4,5);1-2H3/t8-,9+;2*7-;2*6-;;;;/m11010..../s1. The zero-order valence-electron chi connectivity index (χ0n) is 41.5. The lowest BCUT2D eigenvalue weighted by molar-refractivity contribution is -0.121. The van der Waals surface area contributed by atoms with Gasteiger partial charge in [-0.05, 0) is 94.3 Å². The molecule has 5 N–H and O–H groups in total. The molecule has 7 fully saturated rings. The van der Waals surface area contributed by atoms with Crippen molar-refractivity contribution in [3.63, 3.8) is 0 Å². The summed E-state index contributed by atoms with van der Waals surface area (Å²) >= 11 is 0. The molecule has 0 spiro atoms. The fourth-order valence-corrected chi connectivity index (χ4v) is 7.86. The molecule has 4 aliphatic carbocycles. The lowest BCUT2D eigenvalue weighted by Crippen LogP contribution is -2.21. The van der Waals surface area contributed by atoms with Crippen molar-refractivity contribution in [3.05, 3.63) is 24.6 Å². The van der Waals surface area contributed by atoms with Crippen LogP contribution in [0, 0.1) is 35.5 Å². The van der Waals surface area contributed by atoms with Crippen LogP contribution in [0.2, 0.25) is 0 Å². The molecule has 0 aromatic carbocycles. The minimum absolute atomic E-state index is 0.00463. The summed E-state index contributed by atoms with van der Waals surface area (Å²) in [6.45, 7) is 31.3. The van der Waals surface area contributed by atoms with Crippen LogP contribution in [0.15, 0.2) is 24.6 Å². The Hall–Kier alpha value is -3.17. The third-order valence-electron chi connectivity index (χ3n) is 12.4. The molecule has 7 aliphatic rings. The first-order valence-corrected chi connectivity index (χ1v) is 24.7. The van der Waals surface area contributed by atoms with Gasteiger partial charge in [0.25, 0.3) is 0 Å². The van der Waals surface area contributed by atoms with Crippen LogP contribution in [0.3, 0.4) is 0 Å². The number of carbonyl (C=O) groups is 5. The van der Waals surface area contributed by atoms with E-state index in [4.69, 9.17) is 0 Å². The molecule has 356 valence electrons. The molecule has 0 unspecified atom stereocenters. The normalized spacial score (nSPS) is 25.3. The van der Waals surface area contributed by atoms with Crippen molar-refractivity contribution < 1.29 is 24.0 Å². The van der Waals surface area contributed by atoms with Gasteiger partial charge in [-0.2, -0.15) is 0 Å². The van der Waals surface area contributed by atoms with Crippen molar-refractivity contribution in [2.75, 3.05) is 26.7 Å². The van der Waals surface area contributed by atoms with Crippen molar-refractivity contribution >= 4 is 29.3 Å². The van der Waals surface area contributed by atoms with Crippen molar-refractivity contribution in [2.45, 2.75) is 210 Å². The zero-order valence-corrected chi connectivity index (χ0v) is 41.5. The van der Waals surface area contributed by atoms with E-state index >= 15 is 0 Å². The number of hydrogen-bond donors (Lipinski definition) is 5. The lowest BCUT2D eigenvalue weighted by Gasteiger charge is -2.27. The van der Waals surface area contributed by atoms with E-state index in [9.17, 15) is 24.0 Å². The van der Waals surface area contributed by atoms with Gasteiger partial charge in [-0.3, -0.25) is 24.0 Å². The summed E-state index contributed by atoms with van der Waals surface area (Å²) in [5.74, 6) is 5.94. The SMILES string of the molecule is C=C1C[C@@H](CC)CN1.C=C1C[C@H](CC)CN1.CC.CC(=O)NC1CC1.CC[C@@H]1CCCC1=O.CC[C@H]1CCCC1=O.CC[C@H]1CCCC[C@H]1C.CNC(C)=O.O=C1CCCN1. The molecule has 3 amide bonds. The van der Waals surface area contributed by atoms with Gasteiger partial charge in [-0.1, -0.05) is 113 Å². The summed E-state index contributed by atoms with van der Waals surface area (Å²) < 4.78 is 0. The van der Waals surface area contributed by atoms with Crippen molar-refractivity contribution in [1.29, 1.82) is 0 Å². The second-order valence-electron chi connectivity index (χ2n) is 17.5. The van der Waals surface area contributed by atoms with Crippen LogP contribution in [0.4, 0.5) is 0 Å². The number of ketones is 2. The number of allylic oxidation sites excluding steroid dienone is 2. The smallest absolute Gasteiger partial charge is 0.220 e. The van der Waals surface area contributed by atoms with Crippen LogP contribution < -0.4 is 26.6 Å². The van der Waals surface area contributed by atoms with Gasteiger partial charge >= 0.3 is 0 Å². The van der Waals surface area contributed by atoms with E-state index < -0.39 is 0 Å². The summed E-state index contributed by atoms with van der Waals surface area (Å²) in [7, 11) is 1.60. The van der Waals surface area contributed by atoms with Crippen LogP contribution in [-0.4, -0.2) is 62.0 Å². The minimum atomic E-state index is 0.00463. The summed E-state index contributed by atoms with van der Waals surface area (Å²) in [6.07, 6.45) is 24.8. The number of amides is 3. The summed E-state index contributed by atoms with van der Waals surface area (Å²) in [6, 6.07) is 0.525. The average Bonchev–Trinajstić information content (AvgIpc) is 3.83. The molecule has 3 saturated heterocycles. The van der Waals surface area contributed by atoms with E-state index in [2.05, 4.69) is 81.3 Å². The van der Waals surface area contributed by atoms with Crippen molar-refractivity contribution in [1.82, 2.24) is 26.6 Å². The average molecular weight is 860 g/mol. The number of nitrogens with one attached hydrogen (secondary N) is 5. The summed E-state index contributed by atoms with van der Waals surface area (Å²) in [5.41, 5.74) is 2.44. The van der Waals surface area contributed by atoms with Gasteiger partial charge < -0.3 is 26.6 Å². The third kappa shape index (κ3) is 33.1. The molecular weight excluding hydrogens is 763 g/mol. The van der Waals surface area contributed by atoms with Gasteiger partial charge in [0.1, 0.15) is 11.6 Å². The molecule has 61 heavy (non-hydrogen) atoms. The maximum absolute atomic E-state index is 10.8. The summed E-state index contributed by atoms with van der Waals surface area (Å²) in [5, 5.41) is 14.3. The molecular formula is C51H97N5O5. The zero-order chi connectivity index (χ0) is 46.6. The van der Waals surface area contributed by atoms with E-state index in [1.165, 1.54) is 88.9 Å². The molecule has 10 heteroatoms. The fourth-order valence-electron chi connectivity index (χ4n) is 7.86. The Labute approximate surface area is 375 Å². The molecule has 6 atom stereocenters. The van der Waals surface area contributed by atoms with Gasteiger partial charge in [-0.25, -0.2) is 0 Å². The number of hydrogen-bond acceptors (Lipinski definition) is 7. The van der Waals surface area contributed by atoms with E-state index in [1.54, 1.807) is 14.0 Å². The fraction of sp³-hybridized carbons (Fsp3) is 0.824. The molecule has 7 rings (SSSR count). The van der Waals surface area contributed by atoms with Crippen LogP contribution >= 0.6 is 0 Å². The predicted molar refractivity (Wildman–Crippen MR) is 258 cm³/mol. The quantitative estimate of drug-likeness (QED) is 0.179. The van der Waals surface area contributed by atoms with Gasteiger partial charge in [0, 0.05) is 89.1 Å². The van der Waals surface area contributed by atoms with Crippen LogP contribution in [-0.2, 0) is 24.0 Å². The van der Waals surface area contributed by atoms with Gasteiger partial charge in [-0.15, -0.1) is 0 Å². The maximum atomic E-state index is 10.8. The molecule has 10 nitrogen and oxygen atoms in total. The Morgan fingerprint density at radius 1 is 0.607 bits per heavy atom. The van der Waals surface area contributed by atoms with Gasteiger partial charge in [0.15, 0.2) is 0 Å². The van der Waals surface area contributed by atoms with E-state index in [0.717, 1.165) is 108 Å². The Kier molecular flexibility index (Phi) is 37.8. The monoisotopic (exact) mass is 860 g/mol. The first kappa shape index (κ1) is 59.9. The number of carbonyl (C=O) groups excluding carboxylic acids is 5. The minimum Gasteiger partial charge on any atom is -0.389 e. The Bertz CT molecular complexity index is 1160. The topological polar surface area (TPSA) is 145 Å². The second-order valence-corrected chi connectivity index (χ2v) is 17.5. The van der Waals surface area contributed by atoms with Crippen molar-refractivity contribution in [2.24, 2.45) is 35.5 Å². The molecule has 0 bridgehead atoms. The number of rotatable bonds is 6. The van der Waals surface area contributed by atoms with Gasteiger partial charge in [0.2, 0.25) is 17.7 Å². The Morgan fingerprint density at radius 2 is 1.07 bits per heavy atom. The molecule has 4 saturated carbocycles. The van der Waals surface area contributed by atoms with Crippen LogP contribution in [0.5, 0.6) is 0 Å². The van der Waals surface area contributed by atoms with E-state index in [1.807, 2.05) is 13.8 Å². The lowest BCUT2D eigenvalue weighted by atomic mass is 9.79. The van der Waals surface area contributed by atoms with Crippen molar-refractivity contribution in [3.8, 4) is 0 Å². The molecule has 0 aromatic rings. The van der Waals surface area contributed by atoms with Crippen LogP contribution in [0.25, 0.3) is 0 Å². The molecule has 3 heterocycles. The first-order valence-electron chi connectivity index (χ1n) is 24.7. The largest absolute Gasteiger partial charge is 0.389 e. The second kappa shape index (κ2) is 38.5. The highest BCUT2D eigenvalue weighted by Gasteiger charge is 2.23. The van der Waals surface area contributed by atoms with E-state index in [0.29, 0.717) is 29.4 Å². The highest BCUT2D eigenvalue weighted by molar-refractivity contribution is 5.83. The van der Waals surface area contributed by atoms with Crippen LogP contribution in [0.1, 0.15) is 204 Å².